The molecule has 2 aliphatic carbocycles. The van der Waals surface area contributed by atoms with Crippen LogP contribution in [0.2, 0.25) is 5.02 Å². The van der Waals surface area contributed by atoms with Gasteiger partial charge in [-0.2, -0.15) is 0 Å². The molecule has 110 valence electrons. The van der Waals surface area contributed by atoms with Crippen molar-refractivity contribution < 1.29 is 4.39 Å². The summed E-state index contributed by atoms with van der Waals surface area (Å²) in [6.45, 7) is 1.11. The van der Waals surface area contributed by atoms with Crippen LogP contribution in [0.15, 0.2) is 18.2 Å². The third-order valence-electron chi connectivity index (χ3n) is 4.80. The lowest BCUT2D eigenvalue weighted by Gasteiger charge is -2.32. The van der Waals surface area contributed by atoms with Gasteiger partial charge in [-0.15, -0.1) is 0 Å². The molecule has 0 bridgehead atoms. The number of nitrogens with one attached hydrogen (secondary N) is 1. The van der Waals surface area contributed by atoms with E-state index in [0.29, 0.717) is 16.9 Å². The predicted octanol–water partition coefficient (Wildman–Crippen LogP) is 4.58. The van der Waals surface area contributed by atoms with Gasteiger partial charge in [0.2, 0.25) is 0 Å². The second-order valence-corrected chi connectivity index (χ2v) is 6.86. The SMILES string of the molecule is Fc1ccc(Cl)cc1CC1CCCCC1CNC1CC1. The third-order valence-corrected chi connectivity index (χ3v) is 5.04. The van der Waals surface area contributed by atoms with Crippen LogP contribution in [0.3, 0.4) is 0 Å². The maximum Gasteiger partial charge on any atom is 0.126 e. The van der Waals surface area contributed by atoms with E-state index in [1.807, 2.05) is 0 Å². The number of hydrogen-bond donors (Lipinski definition) is 1. The van der Waals surface area contributed by atoms with Crippen LogP contribution in [0.5, 0.6) is 0 Å². The van der Waals surface area contributed by atoms with Gasteiger partial charge in [0.25, 0.3) is 0 Å². The number of benzene rings is 1. The molecule has 2 atom stereocenters. The molecule has 2 fully saturated rings. The van der Waals surface area contributed by atoms with Crippen LogP contribution < -0.4 is 5.32 Å². The summed E-state index contributed by atoms with van der Waals surface area (Å²) in [6, 6.07) is 5.70. The number of rotatable bonds is 5. The van der Waals surface area contributed by atoms with Crippen molar-refractivity contribution >= 4 is 11.6 Å². The Labute approximate surface area is 125 Å². The number of hydrogen-bond acceptors (Lipinski definition) is 1. The predicted molar refractivity (Wildman–Crippen MR) is 81.6 cm³/mol. The average molecular weight is 296 g/mol. The van der Waals surface area contributed by atoms with Crippen molar-refractivity contribution in [3.05, 3.63) is 34.6 Å². The highest BCUT2D eigenvalue weighted by Gasteiger charge is 2.28. The van der Waals surface area contributed by atoms with Gasteiger partial charge in [-0.3, -0.25) is 0 Å². The van der Waals surface area contributed by atoms with Crippen molar-refractivity contribution in [1.29, 1.82) is 0 Å². The summed E-state index contributed by atoms with van der Waals surface area (Å²) in [6.07, 6.45) is 8.62. The highest BCUT2D eigenvalue weighted by Crippen LogP contribution is 2.34. The van der Waals surface area contributed by atoms with Crippen LogP contribution in [0.1, 0.15) is 44.1 Å². The summed E-state index contributed by atoms with van der Waals surface area (Å²) in [4.78, 5) is 0. The molecule has 0 spiro atoms. The molecule has 0 amide bonds. The summed E-state index contributed by atoms with van der Waals surface area (Å²) in [7, 11) is 0. The van der Waals surface area contributed by atoms with E-state index in [9.17, 15) is 4.39 Å². The molecule has 0 heterocycles. The molecule has 1 aromatic carbocycles. The Hall–Kier alpha value is -0.600. The summed E-state index contributed by atoms with van der Waals surface area (Å²) in [5, 5.41) is 4.29. The van der Waals surface area contributed by atoms with Crippen molar-refractivity contribution in [3.63, 3.8) is 0 Å². The quantitative estimate of drug-likeness (QED) is 0.838. The molecule has 1 N–H and O–H groups in total. The van der Waals surface area contributed by atoms with Gasteiger partial charge in [0, 0.05) is 11.1 Å². The monoisotopic (exact) mass is 295 g/mol. The van der Waals surface area contributed by atoms with E-state index < -0.39 is 0 Å². The Morgan fingerprint density at radius 1 is 1.10 bits per heavy atom. The maximum atomic E-state index is 13.9. The topological polar surface area (TPSA) is 12.0 Å². The molecule has 2 unspecified atom stereocenters. The fourth-order valence-electron chi connectivity index (χ4n) is 3.41. The highest BCUT2D eigenvalue weighted by atomic mass is 35.5. The standard InChI is InChI=1S/C17H23ClFN/c18-15-5-8-17(19)14(10-15)9-12-3-1-2-4-13(12)11-20-16-6-7-16/h5,8,10,12-13,16,20H,1-4,6-7,9,11H2. The average Bonchev–Trinajstić information content (AvgIpc) is 3.26. The van der Waals surface area contributed by atoms with Crippen molar-refractivity contribution in [2.24, 2.45) is 11.8 Å². The van der Waals surface area contributed by atoms with E-state index in [4.69, 9.17) is 11.6 Å². The Morgan fingerprint density at radius 3 is 2.60 bits per heavy atom. The molecule has 0 aliphatic heterocycles. The van der Waals surface area contributed by atoms with Gasteiger partial charge >= 0.3 is 0 Å². The Balaban J connectivity index is 1.64. The van der Waals surface area contributed by atoms with E-state index in [-0.39, 0.29) is 5.82 Å². The third kappa shape index (κ3) is 3.73. The minimum Gasteiger partial charge on any atom is -0.314 e. The van der Waals surface area contributed by atoms with Crippen LogP contribution in [0.25, 0.3) is 0 Å². The first kappa shape index (κ1) is 14.3. The summed E-state index contributed by atoms with van der Waals surface area (Å²) in [5.41, 5.74) is 0.792. The van der Waals surface area contributed by atoms with Crippen LogP contribution >= 0.6 is 11.6 Å². The zero-order valence-electron chi connectivity index (χ0n) is 11.9. The minimum atomic E-state index is -0.103. The van der Waals surface area contributed by atoms with Gasteiger partial charge in [0.15, 0.2) is 0 Å². The number of halogens is 2. The molecule has 0 radical (unpaired) electrons. The highest BCUT2D eigenvalue weighted by molar-refractivity contribution is 6.30. The largest absolute Gasteiger partial charge is 0.314 e. The lowest BCUT2D eigenvalue weighted by molar-refractivity contribution is 0.226. The molecular weight excluding hydrogens is 273 g/mol. The molecule has 1 aromatic rings. The van der Waals surface area contributed by atoms with Crippen molar-refractivity contribution in [1.82, 2.24) is 5.32 Å². The molecule has 3 heteroatoms. The molecule has 20 heavy (non-hydrogen) atoms. The van der Waals surface area contributed by atoms with Crippen LogP contribution in [-0.4, -0.2) is 12.6 Å². The summed E-state index contributed by atoms with van der Waals surface area (Å²) < 4.78 is 13.9. The van der Waals surface area contributed by atoms with E-state index in [1.54, 1.807) is 12.1 Å². The normalized spacial score (nSPS) is 26.7. The maximum absolute atomic E-state index is 13.9. The zero-order valence-corrected chi connectivity index (χ0v) is 12.6. The molecule has 0 aromatic heterocycles. The Kier molecular flexibility index (Phi) is 4.62. The zero-order chi connectivity index (χ0) is 13.9. The minimum absolute atomic E-state index is 0.103. The van der Waals surface area contributed by atoms with Crippen LogP contribution in [-0.2, 0) is 6.42 Å². The lowest BCUT2D eigenvalue weighted by Crippen LogP contribution is -2.32. The molecule has 2 aliphatic rings. The first-order chi connectivity index (χ1) is 9.72. The fraction of sp³-hybridized carbons (Fsp3) is 0.647. The van der Waals surface area contributed by atoms with E-state index in [0.717, 1.165) is 24.6 Å². The van der Waals surface area contributed by atoms with E-state index >= 15 is 0 Å². The fourth-order valence-corrected chi connectivity index (χ4v) is 3.60. The van der Waals surface area contributed by atoms with Crippen molar-refractivity contribution in [3.8, 4) is 0 Å². The van der Waals surface area contributed by atoms with Gasteiger partial charge in [0.05, 0.1) is 0 Å². The summed E-state index contributed by atoms with van der Waals surface area (Å²) in [5.74, 6) is 1.19. The smallest absolute Gasteiger partial charge is 0.126 e. The lowest BCUT2D eigenvalue weighted by atomic mass is 9.76. The van der Waals surface area contributed by atoms with E-state index in [2.05, 4.69) is 5.32 Å². The Bertz CT molecular complexity index is 458. The Morgan fingerprint density at radius 2 is 1.85 bits per heavy atom. The molecule has 2 saturated carbocycles. The molecule has 1 nitrogen and oxygen atoms in total. The van der Waals surface area contributed by atoms with E-state index in [1.165, 1.54) is 44.6 Å². The first-order valence-corrected chi connectivity index (χ1v) is 8.27. The van der Waals surface area contributed by atoms with Gasteiger partial charge in [-0.25, -0.2) is 4.39 Å². The van der Waals surface area contributed by atoms with Crippen molar-refractivity contribution in [2.75, 3.05) is 6.54 Å². The second kappa shape index (κ2) is 6.44. The van der Waals surface area contributed by atoms with Crippen molar-refractivity contribution in [2.45, 2.75) is 51.0 Å². The van der Waals surface area contributed by atoms with Crippen LogP contribution in [0.4, 0.5) is 4.39 Å². The second-order valence-electron chi connectivity index (χ2n) is 6.43. The van der Waals surface area contributed by atoms with Crippen LogP contribution in [0, 0.1) is 17.7 Å². The molecule has 3 rings (SSSR count). The van der Waals surface area contributed by atoms with Gasteiger partial charge < -0.3 is 5.32 Å². The first-order valence-electron chi connectivity index (χ1n) is 7.89. The van der Waals surface area contributed by atoms with Gasteiger partial charge in [-0.05, 0) is 74.2 Å². The molecule has 0 saturated heterocycles. The molecular formula is C17H23ClFN. The van der Waals surface area contributed by atoms with Gasteiger partial charge in [-0.1, -0.05) is 24.4 Å². The summed E-state index contributed by atoms with van der Waals surface area (Å²) >= 11 is 6.00. The van der Waals surface area contributed by atoms with Gasteiger partial charge in [0.1, 0.15) is 5.82 Å².